The molecule has 0 atom stereocenters. The molecule has 1 heterocycles. The van der Waals surface area contributed by atoms with Crippen molar-refractivity contribution in [3.8, 4) is 11.1 Å². The fraction of sp³-hybridized carbons (Fsp3) is 0.167. The van der Waals surface area contributed by atoms with E-state index in [9.17, 15) is 4.79 Å². The topological polar surface area (TPSA) is 55.1 Å². The van der Waals surface area contributed by atoms with Gasteiger partial charge in [0, 0.05) is 17.3 Å². The van der Waals surface area contributed by atoms with Gasteiger partial charge in [-0.25, -0.2) is 0 Å². The molecule has 0 bridgehead atoms. The number of carbonyl (C=O) groups excluding carboxylic acids is 1. The molecular formula is C12H11N2O2. The third-order valence-corrected chi connectivity index (χ3v) is 2.34. The van der Waals surface area contributed by atoms with Crippen LogP contribution in [-0.2, 0) is 4.79 Å². The Kier molecular flexibility index (Phi) is 2.72. The number of aryl methyl sites for hydroxylation is 2. The van der Waals surface area contributed by atoms with Gasteiger partial charge in [-0.1, -0.05) is 17.3 Å². The van der Waals surface area contributed by atoms with Gasteiger partial charge in [0.2, 0.25) is 6.41 Å². The number of nitrogens with one attached hydrogen (secondary N) is 1. The number of benzene rings is 1. The molecule has 2 rings (SSSR count). The Labute approximate surface area is 93.3 Å². The first-order valence-corrected chi connectivity index (χ1v) is 4.87. The van der Waals surface area contributed by atoms with Gasteiger partial charge in [-0.2, -0.15) is 0 Å². The SMILES string of the molecule is Cc1noc(C)c1-c1cc[c]c(NC=O)c1. The first-order valence-electron chi connectivity index (χ1n) is 4.87. The van der Waals surface area contributed by atoms with Gasteiger partial charge >= 0.3 is 0 Å². The van der Waals surface area contributed by atoms with E-state index in [0.717, 1.165) is 22.6 Å². The smallest absolute Gasteiger partial charge is 0.211 e. The summed E-state index contributed by atoms with van der Waals surface area (Å²) in [6, 6.07) is 8.41. The lowest BCUT2D eigenvalue weighted by Gasteiger charge is -2.03. The standard InChI is InChI=1S/C12H11N2O2/c1-8-12(9(2)16-14-8)10-4-3-5-11(6-10)13-7-15/h3-4,6-7H,1-2H3,(H,13,15). The van der Waals surface area contributed by atoms with E-state index in [2.05, 4.69) is 16.5 Å². The van der Waals surface area contributed by atoms with Crippen LogP contribution in [-0.4, -0.2) is 11.6 Å². The van der Waals surface area contributed by atoms with Crippen molar-refractivity contribution in [3.63, 3.8) is 0 Å². The minimum Gasteiger partial charge on any atom is -0.361 e. The van der Waals surface area contributed by atoms with Gasteiger partial charge in [-0.3, -0.25) is 4.79 Å². The van der Waals surface area contributed by atoms with Crippen LogP contribution in [0.5, 0.6) is 0 Å². The van der Waals surface area contributed by atoms with Crippen molar-refractivity contribution in [3.05, 3.63) is 35.7 Å². The fourth-order valence-electron chi connectivity index (χ4n) is 1.66. The van der Waals surface area contributed by atoms with Gasteiger partial charge in [0.25, 0.3) is 0 Å². The van der Waals surface area contributed by atoms with Crippen molar-refractivity contribution in [2.24, 2.45) is 0 Å². The first-order chi connectivity index (χ1) is 7.72. The van der Waals surface area contributed by atoms with E-state index in [1.165, 1.54) is 0 Å². The summed E-state index contributed by atoms with van der Waals surface area (Å²) in [5.74, 6) is 0.765. The molecule has 1 aromatic carbocycles. The number of rotatable bonds is 3. The number of hydrogen-bond acceptors (Lipinski definition) is 3. The van der Waals surface area contributed by atoms with Crippen molar-refractivity contribution < 1.29 is 9.32 Å². The van der Waals surface area contributed by atoms with Crippen LogP contribution in [0.15, 0.2) is 22.7 Å². The summed E-state index contributed by atoms with van der Waals surface area (Å²) in [4.78, 5) is 10.3. The third-order valence-electron chi connectivity index (χ3n) is 2.34. The normalized spacial score (nSPS) is 10.1. The molecule has 0 aliphatic carbocycles. The molecule has 0 aliphatic heterocycles. The highest BCUT2D eigenvalue weighted by Gasteiger charge is 2.11. The molecule has 4 heteroatoms. The number of aromatic nitrogens is 1. The Hall–Kier alpha value is -2.10. The van der Waals surface area contributed by atoms with E-state index in [4.69, 9.17) is 4.52 Å². The van der Waals surface area contributed by atoms with Crippen LogP contribution in [0, 0.1) is 19.9 Å². The van der Waals surface area contributed by atoms with Gasteiger partial charge in [0.1, 0.15) is 5.76 Å². The Morgan fingerprint density at radius 1 is 1.50 bits per heavy atom. The maximum Gasteiger partial charge on any atom is 0.211 e. The molecule has 0 unspecified atom stereocenters. The second-order valence-corrected chi connectivity index (χ2v) is 3.45. The zero-order valence-electron chi connectivity index (χ0n) is 9.07. The van der Waals surface area contributed by atoms with Gasteiger partial charge in [0.15, 0.2) is 0 Å². The average molecular weight is 215 g/mol. The minimum atomic E-state index is 0.628. The Morgan fingerprint density at radius 3 is 2.94 bits per heavy atom. The quantitative estimate of drug-likeness (QED) is 0.799. The zero-order chi connectivity index (χ0) is 11.5. The second-order valence-electron chi connectivity index (χ2n) is 3.45. The molecule has 81 valence electrons. The highest BCUT2D eigenvalue weighted by atomic mass is 16.5. The summed E-state index contributed by atoms with van der Waals surface area (Å²) in [6.45, 7) is 3.74. The van der Waals surface area contributed by atoms with E-state index in [1.54, 1.807) is 6.07 Å². The van der Waals surface area contributed by atoms with E-state index < -0.39 is 0 Å². The van der Waals surface area contributed by atoms with E-state index in [1.807, 2.05) is 26.0 Å². The summed E-state index contributed by atoms with van der Waals surface area (Å²) < 4.78 is 5.10. The number of hydrogen-bond donors (Lipinski definition) is 1. The molecule has 1 radical (unpaired) electrons. The maximum absolute atomic E-state index is 10.3. The number of nitrogens with zero attached hydrogens (tertiary/aromatic N) is 1. The number of amides is 1. The van der Waals surface area contributed by atoms with Crippen molar-refractivity contribution in [2.75, 3.05) is 5.32 Å². The molecule has 1 N–H and O–H groups in total. The molecule has 0 saturated carbocycles. The molecule has 0 fully saturated rings. The molecule has 4 nitrogen and oxygen atoms in total. The lowest BCUT2D eigenvalue weighted by Crippen LogP contribution is -1.94. The summed E-state index contributed by atoms with van der Waals surface area (Å²) in [7, 11) is 0. The second kappa shape index (κ2) is 4.18. The zero-order valence-corrected chi connectivity index (χ0v) is 9.07. The maximum atomic E-state index is 10.3. The highest BCUT2D eigenvalue weighted by molar-refractivity contribution is 5.76. The first kappa shape index (κ1) is 10.4. The van der Waals surface area contributed by atoms with Crippen LogP contribution in [0.25, 0.3) is 11.1 Å². The highest BCUT2D eigenvalue weighted by Crippen LogP contribution is 2.28. The lowest BCUT2D eigenvalue weighted by molar-refractivity contribution is -0.105. The summed E-state index contributed by atoms with van der Waals surface area (Å²) >= 11 is 0. The predicted octanol–water partition coefficient (Wildman–Crippen LogP) is 2.33. The Morgan fingerprint density at radius 2 is 2.31 bits per heavy atom. The van der Waals surface area contributed by atoms with Crippen molar-refractivity contribution in [1.82, 2.24) is 5.16 Å². The van der Waals surface area contributed by atoms with Gasteiger partial charge in [-0.05, 0) is 25.5 Å². The van der Waals surface area contributed by atoms with Gasteiger partial charge in [-0.15, -0.1) is 0 Å². The van der Waals surface area contributed by atoms with Gasteiger partial charge < -0.3 is 9.84 Å². The summed E-state index contributed by atoms with van der Waals surface area (Å²) in [5.41, 5.74) is 3.38. The lowest BCUT2D eigenvalue weighted by atomic mass is 10.0. The molecule has 0 spiro atoms. The number of anilines is 1. The molecule has 0 saturated heterocycles. The van der Waals surface area contributed by atoms with Gasteiger partial charge in [0.05, 0.1) is 5.69 Å². The molecular weight excluding hydrogens is 204 g/mol. The van der Waals surface area contributed by atoms with Crippen LogP contribution >= 0.6 is 0 Å². The van der Waals surface area contributed by atoms with E-state index in [0.29, 0.717) is 12.1 Å². The van der Waals surface area contributed by atoms with E-state index in [-0.39, 0.29) is 0 Å². The Balaban J connectivity index is 2.48. The molecule has 16 heavy (non-hydrogen) atoms. The van der Waals surface area contributed by atoms with Crippen molar-refractivity contribution in [2.45, 2.75) is 13.8 Å². The Bertz CT molecular complexity index is 498. The minimum absolute atomic E-state index is 0.628. The fourth-order valence-corrected chi connectivity index (χ4v) is 1.66. The summed E-state index contributed by atoms with van der Waals surface area (Å²) in [6.07, 6.45) is 0.628. The van der Waals surface area contributed by atoms with Crippen molar-refractivity contribution >= 4 is 12.1 Å². The van der Waals surface area contributed by atoms with Crippen molar-refractivity contribution in [1.29, 1.82) is 0 Å². The monoisotopic (exact) mass is 215 g/mol. The average Bonchev–Trinajstić information content (AvgIpc) is 2.59. The van der Waals surface area contributed by atoms with Crippen LogP contribution < -0.4 is 5.32 Å². The number of carbonyl (C=O) groups is 1. The summed E-state index contributed by atoms with van der Waals surface area (Å²) in [5, 5.41) is 6.45. The third kappa shape index (κ3) is 1.82. The predicted molar refractivity (Wildman–Crippen MR) is 59.9 cm³/mol. The molecule has 1 aromatic heterocycles. The van der Waals surface area contributed by atoms with E-state index >= 15 is 0 Å². The van der Waals surface area contributed by atoms with Crippen LogP contribution in [0.1, 0.15) is 11.5 Å². The largest absolute Gasteiger partial charge is 0.361 e. The van der Waals surface area contributed by atoms with Crippen LogP contribution in [0.4, 0.5) is 5.69 Å². The van der Waals surface area contributed by atoms with Crippen LogP contribution in [0.2, 0.25) is 0 Å². The molecule has 2 aromatic rings. The van der Waals surface area contributed by atoms with Crippen LogP contribution in [0.3, 0.4) is 0 Å². The molecule has 1 amide bonds. The molecule has 0 aliphatic rings.